The van der Waals surface area contributed by atoms with Crippen molar-refractivity contribution >= 4 is 11.7 Å². The Morgan fingerprint density at radius 2 is 2.18 bits per heavy atom. The molecular weight excluding hydrogens is 233 g/mol. The van der Waals surface area contributed by atoms with Gasteiger partial charge in [0.15, 0.2) is 5.60 Å². The van der Waals surface area contributed by atoms with Gasteiger partial charge in [-0.2, -0.15) is 4.39 Å². The van der Waals surface area contributed by atoms with Gasteiger partial charge in [0, 0.05) is 12.5 Å². The highest BCUT2D eigenvalue weighted by atomic mass is 19.1. The van der Waals surface area contributed by atoms with E-state index in [0.717, 1.165) is 13.0 Å². The van der Waals surface area contributed by atoms with Gasteiger partial charge in [0.1, 0.15) is 0 Å². The summed E-state index contributed by atoms with van der Waals surface area (Å²) in [5.41, 5.74) is -3.13. The van der Waals surface area contributed by atoms with Crippen LogP contribution in [0.3, 0.4) is 0 Å². The van der Waals surface area contributed by atoms with Gasteiger partial charge in [0.2, 0.25) is 5.82 Å². The molecule has 7 heteroatoms. The van der Waals surface area contributed by atoms with E-state index >= 15 is 0 Å². The number of aliphatic carboxylic acids is 1. The Balaban J connectivity index is 3.13. The van der Waals surface area contributed by atoms with Crippen LogP contribution in [0.2, 0.25) is 0 Å². The van der Waals surface area contributed by atoms with Crippen molar-refractivity contribution in [3.63, 3.8) is 0 Å². The molecule has 17 heavy (non-hydrogen) atoms. The molecule has 0 bridgehead atoms. The maximum Gasteiger partial charge on any atom is 0.335 e. The number of hydrogen-bond donors (Lipinski definition) is 2. The zero-order valence-corrected chi connectivity index (χ0v) is 8.88. The van der Waals surface area contributed by atoms with E-state index in [1.165, 1.54) is 12.1 Å². The number of nitro benzene ring substituents is 1. The maximum absolute atomic E-state index is 13.6. The lowest BCUT2D eigenvalue weighted by molar-refractivity contribution is -0.387. The van der Waals surface area contributed by atoms with Gasteiger partial charge in [0.25, 0.3) is 0 Å². The fourth-order valence-corrected chi connectivity index (χ4v) is 1.29. The van der Waals surface area contributed by atoms with Crippen LogP contribution in [0.4, 0.5) is 10.1 Å². The fraction of sp³-hybridized carbons (Fsp3) is 0.300. The Bertz CT molecular complexity index is 472. The van der Waals surface area contributed by atoms with Crippen LogP contribution in [0.5, 0.6) is 0 Å². The van der Waals surface area contributed by atoms with E-state index in [4.69, 9.17) is 5.11 Å². The largest absolute Gasteiger partial charge is 0.479 e. The van der Waals surface area contributed by atoms with Crippen molar-refractivity contribution in [1.82, 2.24) is 0 Å². The molecule has 0 aromatic heterocycles. The number of carbonyl (C=O) groups is 1. The predicted octanol–water partition coefficient (Wildman–Crippen LogP) is 1.11. The van der Waals surface area contributed by atoms with E-state index in [-0.39, 0.29) is 5.56 Å². The van der Waals surface area contributed by atoms with E-state index in [9.17, 15) is 24.4 Å². The van der Waals surface area contributed by atoms with E-state index in [1.54, 1.807) is 0 Å². The molecule has 0 aliphatic heterocycles. The number of carboxylic acid groups (broad SMARTS) is 1. The molecule has 1 unspecified atom stereocenters. The minimum absolute atomic E-state index is 0.216. The summed E-state index contributed by atoms with van der Waals surface area (Å²) in [6, 6.07) is 3.39. The maximum atomic E-state index is 13.6. The van der Waals surface area contributed by atoms with Crippen LogP contribution in [0, 0.1) is 15.9 Å². The smallest absolute Gasteiger partial charge is 0.335 e. The van der Waals surface area contributed by atoms with Crippen molar-refractivity contribution in [2.75, 3.05) is 0 Å². The first-order chi connectivity index (χ1) is 7.75. The fourth-order valence-electron chi connectivity index (χ4n) is 1.29. The number of nitro groups is 1. The quantitative estimate of drug-likeness (QED) is 0.609. The summed E-state index contributed by atoms with van der Waals surface area (Å²) in [6.07, 6.45) is -0.546. The van der Waals surface area contributed by atoms with Crippen molar-refractivity contribution in [2.24, 2.45) is 0 Å². The molecule has 0 spiro atoms. The van der Waals surface area contributed by atoms with Crippen LogP contribution in [0.25, 0.3) is 0 Å². The molecule has 1 atom stereocenters. The molecule has 1 rings (SSSR count). The normalized spacial score (nSPS) is 14.1. The minimum Gasteiger partial charge on any atom is -0.479 e. The Kier molecular flexibility index (Phi) is 3.42. The summed E-state index contributed by atoms with van der Waals surface area (Å²) < 4.78 is 13.6. The molecule has 0 aliphatic rings. The summed E-state index contributed by atoms with van der Waals surface area (Å²) in [6.45, 7) is 0.994. The molecule has 0 aliphatic carbocycles. The first kappa shape index (κ1) is 13.0. The van der Waals surface area contributed by atoms with E-state index in [0.29, 0.717) is 0 Å². The SMILES string of the molecule is CC(O)(Cc1cccc([N+](=O)[O-])c1F)C(=O)O. The molecular formula is C10H10FNO5. The highest BCUT2D eigenvalue weighted by molar-refractivity contribution is 5.77. The summed E-state index contributed by atoms with van der Waals surface area (Å²) >= 11 is 0. The molecule has 0 fully saturated rings. The lowest BCUT2D eigenvalue weighted by Gasteiger charge is -2.17. The van der Waals surface area contributed by atoms with Gasteiger partial charge in [-0.25, -0.2) is 4.79 Å². The number of halogens is 1. The van der Waals surface area contributed by atoms with Gasteiger partial charge in [-0.3, -0.25) is 10.1 Å². The number of hydrogen-bond acceptors (Lipinski definition) is 4. The van der Waals surface area contributed by atoms with Crippen LogP contribution < -0.4 is 0 Å². The minimum atomic E-state index is -2.17. The van der Waals surface area contributed by atoms with Crippen LogP contribution in [-0.2, 0) is 11.2 Å². The summed E-state index contributed by atoms with van der Waals surface area (Å²) in [7, 11) is 0. The summed E-state index contributed by atoms with van der Waals surface area (Å²) in [4.78, 5) is 20.2. The molecule has 92 valence electrons. The number of aliphatic hydroxyl groups is 1. The Morgan fingerprint density at radius 3 is 2.65 bits per heavy atom. The highest BCUT2D eigenvalue weighted by Gasteiger charge is 2.32. The lowest BCUT2D eigenvalue weighted by atomic mass is 9.96. The standard InChI is InChI=1S/C10H10FNO5/c1-10(15,9(13)14)5-6-3-2-4-7(8(6)11)12(16)17/h2-4,15H,5H2,1H3,(H,13,14). The second-order valence-electron chi connectivity index (χ2n) is 3.76. The monoisotopic (exact) mass is 243 g/mol. The second kappa shape index (κ2) is 4.46. The van der Waals surface area contributed by atoms with Crippen LogP contribution in [0.1, 0.15) is 12.5 Å². The van der Waals surface area contributed by atoms with Gasteiger partial charge >= 0.3 is 11.7 Å². The topological polar surface area (TPSA) is 101 Å². The van der Waals surface area contributed by atoms with Gasteiger partial charge in [-0.15, -0.1) is 0 Å². The van der Waals surface area contributed by atoms with Gasteiger partial charge in [-0.1, -0.05) is 12.1 Å². The lowest BCUT2D eigenvalue weighted by Crippen LogP contribution is -2.37. The van der Waals surface area contributed by atoms with Crippen LogP contribution >= 0.6 is 0 Å². The van der Waals surface area contributed by atoms with Crippen molar-refractivity contribution < 1.29 is 24.3 Å². The van der Waals surface area contributed by atoms with Crippen molar-refractivity contribution in [2.45, 2.75) is 18.9 Å². The first-order valence-electron chi connectivity index (χ1n) is 4.63. The molecule has 0 saturated heterocycles. The molecule has 0 amide bonds. The van der Waals surface area contributed by atoms with Crippen molar-refractivity contribution in [1.29, 1.82) is 0 Å². The average molecular weight is 243 g/mol. The second-order valence-corrected chi connectivity index (χ2v) is 3.76. The van der Waals surface area contributed by atoms with Crippen molar-refractivity contribution in [3.8, 4) is 0 Å². The summed E-state index contributed by atoms with van der Waals surface area (Å²) in [5, 5.41) is 28.6. The number of nitrogens with zero attached hydrogens (tertiary/aromatic N) is 1. The average Bonchev–Trinajstić information content (AvgIpc) is 2.20. The predicted molar refractivity (Wildman–Crippen MR) is 55.0 cm³/mol. The molecule has 1 aromatic carbocycles. The summed E-state index contributed by atoms with van der Waals surface area (Å²) in [5.74, 6) is -2.65. The highest BCUT2D eigenvalue weighted by Crippen LogP contribution is 2.23. The zero-order chi connectivity index (χ0) is 13.2. The van der Waals surface area contributed by atoms with E-state index in [2.05, 4.69) is 0 Å². The van der Waals surface area contributed by atoms with Crippen LogP contribution in [0.15, 0.2) is 18.2 Å². The zero-order valence-electron chi connectivity index (χ0n) is 8.88. The third-order valence-corrected chi connectivity index (χ3v) is 2.25. The van der Waals surface area contributed by atoms with Gasteiger partial charge < -0.3 is 10.2 Å². The Labute approximate surface area is 95.5 Å². The molecule has 6 nitrogen and oxygen atoms in total. The molecule has 1 aromatic rings. The van der Waals surface area contributed by atoms with E-state index in [1.807, 2.05) is 0 Å². The Morgan fingerprint density at radius 1 is 1.59 bits per heavy atom. The number of rotatable bonds is 4. The Hall–Kier alpha value is -2.02. The third-order valence-electron chi connectivity index (χ3n) is 2.25. The molecule has 0 saturated carbocycles. The van der Waals surface area contributed by atoms with Gasteiger partial charge in [0.05, 0.1) is 4.92 Å². The van der Waals surface area contributed by atoms with Crippen molar-refractivity contribution in [3.05, 3.63) is 39.7 Å². The van der Waals surface area contributed by atoms with E-state index < -0.39 is 34.4 Å². The molecule has 2 N–H and O–H groups in total. The number of benzene rings is 1. The molecule has 0 heterocycles. The number of carboxylic acids is 1. The van der Waals surface area contributed by atoms with Gasteiger partial charge in [-0.05, 0) is 12.5 Å². The molecule has 0 radical (unpaired) electrons. The van der Waals surface area contributed by atoms with Crippen LogP contribution in [-0.4, -0.2) is 26.7 Å². The first-order valence-corrected chi connectivity index (χ1v) is 4.63. The third kappa shape index (κ3) is 2.76.